The number of carbonyl (C=O) groups is 1. The molecule has 26 heavy (non-hydrogen) atoms. The number of hydrogen-bond donors (Lipinski definition) is 3. The highest BCUT2D eigenvalue weighted by Gasteiger charge is 2.17. The number of phenolic OH excluding ortho intramolecular Hbond substituents is 3. The molecule has 148 valence electrons. The van der Waals surface area contributed by atoms with E-state index in [1.165, 1.54) is 64.2 Å². The summed E-state index contributed by atoms with van der Waals surface area (Å²) in [5.41, 5.74) is -0.0817. The highest BCUT2D eigenvalue weighted by Crippen LogP contribution is 2.33. The number of carbonyl (C=O) groups excluding carboxylic acids is 1. The van der Waals surface area contributed by atoms with Crippen molar-refractivity contribution in [2.75, 3.05) is 0 Å². The van der Waals surface area contributed by atoms with Crippen molar-refractivity contribution >= 4 is 5.78 Å². The summed E-state index contributed by atoms with van der Waals surface area (Å²) in [5.74, 6) is -1.25. The zero-order valence-electron chi connectivity index (χ0n) is 16.3. The second-order valence-corrected chi connectivity index (χ2v) is 7.27. The molecule has 0 aliphatic carbocycles. The van der Waals surface area contributed by atoms with E-state index in [1.54, 1.807) is 0 Å². The number of Topliss-reactive ketones (excluding diaryl/α,β-unsaturated/α-hetero) is 1. The van der Waals surface area contributed by atoms with E-state index in [9.17, 15) is 20.1 Å². The molecule has 0 unspecified atom stereocenters. The van der Waals surface area contributed by atoms with Gasteiger partial charge in [-0.2, -0.15) is 0 Å². The van der Waals surface area contributed by atoms with Crippen molar-refractivity contribution in [2.45, 2.75) is 96.8 Å². The van der Waals surface area contributed by atoms with E-state index in [2.05, 4.69) is 6.92 Å². The Kier molecular flexibility index (Phi) is 11.6. The minimum Gasteiger partial charge on any atom is -0.508 e. The van der Waals surface area contributed by atoms with E-state index in [-0.39, 0.29) is 28.6 Å². The molecule has 4 heteroatoms. The van der Waals surface area contributed by atoms with Gasteiger partial charge >= 0.3 is 0 Å². The number of phenols is 3. The third-order valence-electron chi connectivity index (χ3n) is 4.87. The summed E-state index contributed by atoms with van der Waals surface area (Å²) in [6.45, 7) is 2.25. The van der Waals surface area contributed by atoms with Crippen LogP contribution < -0.4 is 0 Å². The van der Waals surface area contributed by atoms with Gasteiger partial charge in [-0.15, -0.1) is 0 Å². The maximum atomic E-state index is 12.1. The van der Waals surface area contributed by atoms with E-state index in [0.717, 1.165) is 31.4 Å². The Labute approximate surface area is 158 Å². The van der Waals surface area contributed by atoms with Crippen molar-refractivity contribution in [1.29, 1.82) is 0 Å². The number of aromatic hydroxyl groups is 3. The molecule has 1 rings (SSSR count). The summed E-state index contributed by atoms with van der Waals surface area (Å²) >= 11 is 0. The van der Waals surface area contributed by atoms with E-state index < -0.39 is 0 Å². The fraction of sp³-hybridized carbons (Fsp3) is 0.682. The Balaban J connectivity index is 2.02. The quantitative estimate of drug-likeness (QED) is 0.246. The first-order valence-electron chi connectivity index (χ1n) is 10.3. The predicted octanol–water partition coefficient (Wildman–Crippen LogP) is 6.47. The first-order chi connectivity index (χ1) is 12.6. The Morgan fingerprint density at radius 1 is 0.692 bits per heavy atom. The molecule has 3 N–H and O–H groups in total. The molecule has 1 aromatic carbocycles. The van der Waals surface area contributed by atoms with Gasteiger partial charge in [-0.3, -0.25) is 4.79 Å². The maximum absolute atomic E-state index is 12.1. The molecule has 1 aromatic rings. The van der Waals surface area contributed by atoms with Crippen LogP contribution in [0.15, 0.2) is 12.1 Å². The molecule has 0 spiro atoms. The molecule has 0 bridgehead atoms. The highest BCUT2D eigenvalue weighted by atomic mass is 16.3. The zero-order chi connectivity index (χ0) is 19.2. The van der Waals surface area contributed by atoms with Crippen LogP contribution in [0.2, 0.25) is 0 Å². The summed E-state index contributed by atoms with van der Waals surface area (Å²) in [4.78, 5) is 12.1. The fourth-order valence-electron chi connectivity index (χ4n) is 3.31. The van der Waals surface area contributed by atoms with Crippen LogP contribution in [0.25, 0.3) is 0 Å². The van der Waals surface area contributed by atoms with E-state index in [0.29, 0.717) is 6.42 Å². The predicted molar refractivity (Wildman–Crippen MR) is 106 cm³/mol. The van der Waals surface area contributed by atoms with Crippen molar-refractivity contribution in [1.82, 2.24) is 0 Å². The second-order valence-electron chi connectivity index (χ2n) is 7.27. The van der Waals surface area contributed by atoms with Gasteiger partial charge in [0.1, 0.15) is 22.8 Å². The van der Waals surface area contributed by atoms with Gasteiger partial charge < -0.3 is 15.3 Å². The summed E-state index contributed by atoms with van der Waals surface area (Å²) in [6, 6.07) is 2.16. The van der Waals surface area contributed by atoms with Crippen LogP contribution in [0, 0.1) is 0 Å². The molecular formula is C22H36O4. The van der Waals surface area contributed by atoms with Gasteiger partial charge in [0.2, 0.25) is 0 Å². The van der Waals surface area contributed by atoms with Crippen LogP contribution in [0.5, 0.6) is 17.2 Å². The minimum absolute atomic E-state index is 0.0817. The van der Waals surface area contributed by atoms with Crippen LogP contribution in [0.4, 0.5) is 0 Å². The largest absolute Gasteiger partial charge is 0.508 e. The third kappa shape index (κ3) is 9.12. The van der Waals surface area contributed by atoms with Crippen molar-refractivity contribution in [3.05, 3.63) is 17.7 Å². The molecular weight excluding hydrogens is 328 g/mol. The van der Waals surface area contributed by atoms with Gasteiger partial charge in [0, 0.05) is 18.6 Å². The van der Waals surface area contributed by atoms with Crippen molar-refractivity contribution in [2.24, 2.45) is 0 Å². The van der Waals surface area contributed by atoms with Crippen LogP contribution in [-0.4, -0.2) is 21.1 Å². The number of unbranched alkanes of at least 4 members (excludes halogenated alkanes) is 12. The second kappa shape index (κ2) is 13.5. The van der Waals surface area contributed by atoms with Gasteiger partial charge in [0.15, 0.2) is 5.78 Å². The van der Waals surface area contributed by atoms with Gasteiger partial charge in [-0.1, -0.05) is 84.0 Å². The fourth-order valence-corrected chi connectivity index (χ4v) is 3.31. The topological polar surface area (TPSA) is 77.8 Å². The first-order valence-corrected chi connectivity index (χ1v) is 10.3. The highest BCUT2D eigenvalue weighted by molar-refractivity contribution is 6.01. The standard InChI is InChI=1S/C22H36O4/c1-2-3-4-5-6-7-8-9-10-11-12-13-14-15-19(24)22-20(25)16-18(23)17-21(22)26/h16-17,23,25-26H,2-15H2,1H3. The van der Waals surface area contributed by atoms with Crippen LogP contribution in [0.1, 0.15) is 107 Å². The molecule has 0 aromatic heterocycles. The molecule has 0 atom stereocenters. The SMILES string of the molecule is CCCCCCCCCCCCCCCC(=O)c1c(O)cc(O)cc1O. The molecule has 0 saturated carbocycles. The lowest BCUT2D eigenvalue weighted by molar-refractivity contribution is 0.0973. The summed E-state index contributed by atoms with van der Waals surface area (Å²) in [7, 11) is 0. The van der Waals surface area contributed by atoms with Crippen molar-refractivity contribution in [3.8, 4) is 17.2 Å². The summed E-state index contributed by atoms with van der Waals surface area (Å²) in [6.07, 6.45) is 16.5. The number of rotatable bonds is 15. The third-order valence-corrected chi connectivity index (χ3v) is 4.87. The average molecular weight is 365 g/mol. The molecule has 0 fully saturated rings. The lowest BCUT2D eigenvalue weighted by atomic mass is 10.0. The molecule has 4 nitrogen and oxygen atoms in total. The van der Waals surface area contributed by atoms with Gasteiger partial charge in [0.05, 0.1) is 0 Å². The number of ketones is 1. The monoisotopic (exact) mass is 364 g/mol. The van der Waals surface area contributed by atoms with E-state index in [4.69, 9.17) is 0 Å². The smallest absolute Gasteiger partial charge is 0.170 e. The van der Waals surface area contributed by atoms with Gasteiger partial charge in [-0.25, -0.2) is 0 Å². The lowest BCUT2D eigenvalue weighted by Crippen LogP contribution is -2.00. The Bertz CT molecular complexity index is 502. The maximum Gasteiger partial charge on any atom is 0.170 e. The van der Waals surface area contributed by atoms with Crippen molar-refractivity contribution in [3.63, 3.8) is 0 Å². The first kappa shape index (κ1) is 22.3. The average Bonchev–Trinajstić information content (AvgIpc) is 2.58. The van der Waals surface area contributed by atoms with E-state index >= 15 is 0 Å². The van der Waals surface area contributed by atoms with Gasteiger partial charge in [-0.05, 0) is 6.42 Å². The summed E-state index contributed by atoms with van der Waals surface area (Å²) in [5, 5.41) is 28.7. The Morgan fingerprint density at radius 3 is 1.50 bits per heavy atom. The Morgan fingerprint density at radius 2 is 1.08 bits per heavy atom. The lowest BCUT2D eigenvalue weighted by Gasteiger charge is -2.07. The molecule has 0 heterocycles. The minimum atomic E-state index is -0.359. The summed E-state index contributed by atoms with van der Waals surface area (Å²) < 4.78 is 0. The van der Waals surface area contributed by atoms with Crippen LogP contribution >= 0.6 is 0 Å². The zero-order valence-corrected chi connectivity index (χ0v) is 16.3. The number of hydrogen-bond acceptors (Lipinski definition) is 4. The molecule has 0 aliphatic rings. The van der Waals surface area contributed by atoms with Crippen LogP contribution in [-0.2, 0) is 0 Å². The molecule has 0 amide bonds. The van der Waals surface area contributed by atoms with Crippen LogP contribution in [0.3, 0.4) is 0 Å². The van der Waals surface area contributed by atoms with Crippen molar-refractivity contribution < 1.29 is 20.1 Å². The normalized spacial score (nSPS) is 11.0. The molecule has 0 radical (unpaired) electrons. The van der Waals surface area contributed by atoms with Gasteiger partial charge in [0.25, 0.3) is 0 Å². The van der Waals surface area contributed by atoms with E-state index in [1.807, 2.05) is 0 Å². The Hall–Kier alpha value is -1.71. The number of benzene rings is 1. The molecule has 0 saturated heterocycles. The molecule has 0 aliphatic heterocycles.